The molecule has 0 saturated heterocycles. The SMILES string of the molecule is Cc1ccc(S(=O)(=O)CCC(=O)OCc2cc(-c3cccs3)on2)cc1. The Morgan fingerprint density at radius 2 is 2.00 bits per heavy atom. The fourth-order valence-corrected chi connectivity index (χ4v) is 4.12. The van der Waals surface area contributed by atoms with Crippen molar-refractivity contribution in [2.75, 3.05) is 5.75 Å². The van der Waals surface area contributed by atoms with Gasteiger partial charge in [0, 0.05) is 6.07 Å². The first-order chi connectivity index (χ1) is 12.4. The van der Waals surface area contributed by atoms with Gasteiger partial charge in [0.2, 0.25) is 0 Å². The number of carbonyl (C=O) groups is 1. The number of esters is 1. The van der Waals surface area contributed by atoms with E-state index in [2.05, 4.69) is 5.16 Å². The summed E-state index contributed by atoms with van der Waals surface area (Å²) in [5.41, 5.74) is 1.45. The number of aromatic nitrogens is 1. The van der Waals surface area contributed by atoms with E-state index in [0.717, 1.165) is 10.4 Å². The first-order valence-corrected chi connectivity index (χ1v) is 10.4. The van der Waals surface area contributed by atoms with E-state index >= 15 is 0 Å². The van der Waals surface area contributed by atoms with Gasteiger partial charge in [-0.2, -0.15) is 0 Å². The maximum atomic E-state index is 12.2. The fraction of sp³-hybridized carbons (Fsp3) is 0.222. The van der Waals surface area contributed by atoms with E-state index in [0.29, 0.717) is 11.5 Å². The van der Waals surface area contributed by atoms with Crippen LogP contribution in [0.15, 0.2) is 57.3 Å². The van der Waals surface area contributed by atoms with Gasteiger partial charge in [-0.25, -0.2) is 8.42 Å². The number of thiophene rings is 1. The maximum Gasteiger partial charge on any atom is 0.307 e. The molecule has 2 aromatic heterocycles. The quantitative estimate of drug-likeness (QED) is 0.572. The van der Waals surface area contributed by atoms with E-state index in [1.807, 2.05) is 24.4 Å². The zero-order valence-corrected chi connectivity index (χ0v) is 15.7. The number of aryl methyl sites for hydroxylation is 1. The Bertz CT molecular complexity index is 973. The molecule has 0 bridgehead atoms. The third kappa shape index (κ3) is 4.59. The van der Waals surface area contributed by atoms with Crippen molar-refractivity contribution in [3.05, 3.63) is 59.1 Å². The van der Waals surface area contributed by atoms with Crippen molar-refractivity contribution in [3.8, 4) is 10.6 Å². The highest BCUT2D eigenvalue weighted by Crippen LogP contribution is 2.25. The van der Waals surface area contributed by atoms with E-state index in [1.165, 1.54) is 23.5 Å². The Morgan fingerprint density at radius 1 is 1.23 bits per heavy atom. The van der Waals surface area contributed by atoms with Crippen LogP contribution < -0.4 is 0 Å². The normalized spacial score (nSPS) is 11.4. The summed E-state index contributed by atoms with van der Waals surface area (Å²) in [7, 11) is -3.51. The zero-order chi connectivity index (χ0) is 18.6. The highest BCUT2D eigenvalue weighted by molar-refractivity contribution is 7.91. The zero-order valence-electron chi connectivity index (χ0n) is 14.0. The summed E-state index contributed by atoms with van der Waals surface area (Å²) in [5, 5.41) is 5.77. The summed E-state index contributed by atoms with van der Waals surface area (Å²) in [6.45, 7) is 1.82. The lowest BCUT2D eigenvalue weighted by Crippen LogP contribution is -2.13. The summed E-state index contributed by atoms with van der Waals surface area (Å²) in [6, 6.07) is 12.0. The van der Waals surface area contributed by atoms with E-state index < -0.39 is 15.8 Å². The van der Waals surface area contributed by atoms with Crippen molar-refractivity contribution in [1.29, 1.82) is 0 Å². The molecule has 1 aromatic carbocycles. The molecule has 0 fully saturated rings. The molecule has 0 aliphatic carbocycles. The molecule has 8 heteroatoms. The van der Waals surface area contributed by atoms with Crippen molar-refractivity contribution in [3.63, 3.8) is 0 Å². The Hall–Kier alpha value is -2.45. The lowest BCUT2D eigenvalue weighted by Gasteiger charge is -2.05. The molecule has 0 aliphatic rings. The van der Waals surface area contributed by atoms with Crippen molar-refractivity contribution in [2.24, 2.45) is 0 Å². The minimum absolute atomic E-state index is 0.0573. The van der Waals surface area contributed by atoms with Gasteiger partial charge in [0.1, 0.15) is 12.3 Å². The summed E-state index contributed by atoms with van der Waals surface area (Å²) in [6.07, 6.45) is -0.216. The van der Waals surface area contributed by atoms with Crippen LogP contribution in [0.2, 0.25) is 0 Å². The van der Waals surface area contributed by atoms with Crippen LogP contribution in [-0.2, 0) is 26.0 Å². The van der Waals surface area contributed by atoms with Crippen LogP contribution in [-0.4, -0.2) is 25.3 Å². The summed E-state index contributed by atoms with van der Waals surface area (Å²) in [4.78, 5) is 13.0. The molecule has 0 N–H and O–H groups in total. The van der Waals surface area contributed by atoms with Crippen LogP contribution in [0.5, 0.6) is 0 Å². The second-order valence-corrected chi connectivity index (χ2v) is 8.76. The van der Waals surface area contributed by atoms with Gasteiger partial charge in [-0.3, -0.25) is 4.79 Å². The lowest BCUT2D eigenvalue weighted by molar-refractivity contribution is -0.144. The number of sulfone groups is 1. The fourth-order valence-electron chi connectivity index (χ4n) is 2.22. The predicted octanol–water partition coefficient (Wildman–Crippen LogP) is 3.62. The molecule has 0 radical (unpaired) electrons. The Balaban J connectivity index is 1.51. The third-order valence-corrected chi connectivity index (χ3v) is 6.28. The largest absolute Gasteiger partial charge is 0.459 e. The molecule has 0 unspecified atom stereocenters. The van der Waals surface area contributed by atoms with Gasteiger partial charge < -0.3 is 9.26 Å². The van der Waals surface area contributed by atoms with E-state index in [4.69, 9.17) is 9.26 Å². The maximum absolute atomic E-state index is 12.2. The monoisotopic (exact) mass is 391 g/mol. The first kappa shape index (κ1) is 18.3. The number of ether oxygens (including phenoxy) is 1. The van der Waals surface area contributed by atoms with Gasteiger partial charge in [0.25, 0.3) is 0 Å². The van der Waals surface area contributed by atoms with Crippen LogP contribution in [0.3, 0.4) is 0 Å². The number of hydrogen-bond acceptors (Lipinski definition) is 7. The molecule has 0 saturated carbocycles. The van der Waals surface area contributed by atoms with E-state index in [9.17, 15) is 13.2 Å². The van der Waals surface area contributed by atoms with Crippen LogP contribution in [0.25, 0.3) is 10.6 Å². The average Bonchev–Trinajstić information content (AvgIpc) is 3.30. The molecule has 6 nitrogen and oxygen atoms in total. The van der Waals surface area contributed by atoms with Gasteiger partial charge in [0.05, 0.1) is 21.9 Å². The van der Waals surface area contributed by atoms with Gasteiger partial charge in [0.15, 0.2) is 15.6 Å². The molecule has 0 atom stereocenters. The second-order valence-electron chi connectivity index (χ2n) is 5.70. The van der Waals surface area contributed by atoms with Crippen LogP contribution in [0.1, 0.15) is 17.7 Å². The molecular weight excluding hydrogens is 374 g/mol. The number of hydrogen-bond donors (Lipinski definition) is 0. The predicted molar refractivity (Wildman–Crippen MR) is 97.5 cm³/mol. The summed E-state index contributed by atoms with van der Waals surface area (Å²) in [5.74, 6) is -0.289. The molecular formula is C18H17NO5S2. The number of benzene rings is 1. The lowest BCUT2D eigenvalue weighted by atomic mass is 10.2. The molecule has 26 heavy (non-hydrogen) atoms. The Labute approximate surface area is 155 Å². The van der Waals surface area contributed by atoms with Crippen LogP contribution in [0.4, 0.5) is 0 Å². The highest BCUT2D eigenvalue weighted by Gasteiger charge is 2.17. The second kappa shape index (κ2) is 7.84. The number of carbonyl (C=O) groups excluding carboxylic acids is 1. The molecule has 3 aromatic rings. The molecule has 0 aliphatic heterocycles. The number of nitrogens with zero attached hydrogens (tertiary/aromatic N) is 1. The van der Waals surface area contributed by atoms with Gasteiger partial charge >= 0.3 is 5.97 Å². The molecule has 2 heterocycles. The van der Waals surface area contributed by atoms with E-state index in [1.54, 1.807) is 18.2 Å². The van der Waals surface area contributed by atoms with Crippen molar-refractivity contribution < 1.29 is 22.5 Å². The van der Waals surface area contributed by atoms with E-state index in [-0.39, 0.29) is 23.7 Å². The van der Waals surface area contributed by atoms with Gasteiger partial charge in [-0.15, -0.1) is 11.3 Å². The minimum atomic E-state index is -3.51. The molecule has 136 valence electrons. The van der Waals surface area contributed by atoms with Gasteiger partial charge in [-0.1, -0.05) is 28.9 Å². The van der Waals surface area contributed by atoms with Crippen molar-refractivity contribution in [2.45, 2.75) is 24.8 Å². The first-order valence-electron chi connectivity index (χ1n) is 7.88. The number of rotatable bonds is 7. The van der Waals surface area contributed by atoms with Crippen molar-refractivity contribution >= 4 is 27.1 Å². The average molecular weight is 391 g/mol. The molecule has 0 spiro atoms. The molecule has 3 rings (SSSR count). The minimum Gasteiger partial charge on any atom is -0.459 e. The van der Waals surface area contributed by atoms with Crippen LogP contribution in [0, 0.1) is 6.92 Å². The van der Waals surface area contributed by atoms with Crippen LogP contribution >= 0.6 is 11.3 Å². The van der Waals surface area contributed by atoms with Crippen molar-refractivity contribution in [1.82, 2.24) is 5.16 Å². The summed E-state index contributed by atoms with van der Waals surface area (Å²) >= 11 is 1.52. The topological polar surface area (TPSA) is 86.5 Å². The molecule has 0 amide bonds. The highest BCUT2D eigenvalue weighted by atomic mass is 32.2. The Kier molecular flexibility index (Phi) is 5.53. The summed E-state index contributed by atoms with van der Waals surface area (Å²) < 4.78 is 34.7. The smallest absolute Gasteiger partial charge is 0.307 e. The third-order valence-electron chi connectivity index (χ3n) is 3.66. The standard InChI is InChI=1S/C18H17NO5S2/c1-13-4-6-15(7-5-13)26(21,22)10-8-18(20)23-12-14-11-16(24-19-14)17-3-2-9-25-17/h2-7,9,11H,8,10,12H2,1H3. The van der Waals surface area contributed by atoms with Gasteiger partial charge in [-0.05, 0) is 30.5 Å². The Morgan fingerprint density at radius 3 is 2.69 bits per heavy atom.